The summed E-state index contributed by atoms with van der Waals surface area (Å²) in [5.74, 6) is 1.88. The molecule has 1 unspecified atom stereocenters. The van der Waals surface area contributed by atoms with Crippen molar-refractivity contribution in [3.8, 4) is 11.5 Å². The number of aryl methyl sites for hydroxylation is 1. The lowest BCUT2D eigenvalue weighted by atomic mass is 10.0. The van der Waals surface area contributed by atoms with Crippen molar-refractivity contribution in [3.05, 3.63) is 73.6 Å². The summed E-state index contributed by atoms with van der Waals surface area (Å²) in [5, 5.41) is 11.6. The molecular weight excluding hydrogens is 796 g/mol. The Balaban J connectivity index is 0.828. The van der Waals surface area contributed by atoms with Gasteiger partial charge in [-0.1, -0.05) is 73.0 Å². The highest BCUT2D eigenvalue weighted by molar-refractivity contribution is 9.10. The summed E-state index contributed by atoms with van der Waals surface area (Å²) in [5.41, 5.74) is 3.42. The predicted molar refractivity (Wildman–Crippen MR) is 221 cm³/mol. The summed E-state index contributed by atoms with van der Waals surface area (Å²) in [6.07, 6.45) is 10.7. The lowest BCUT2D eigenvalue weighted by Gasteiger charge is -2.29. The molecule has 2 aromatic carbocycles. The van der Waals surface area contributed by atoms with Gasteiger partial charge in [0.15, 0.2) is 11.5 Å². The van der Waals surface area contributed by atoms with Gasteiger partial charge in [-0.15, -0.1) is 11.3 Å². The van der Waals surface area contributed by atoms with Crippen LogP contribution >= 0.6 is 27.3 Å². The maximum Gasteiger partial charge on any atom is 0.256 e. The van der Waals surface area contributed by atoms with Crippen molar-refractivity contribution in [2.75, 3.05) is 19.0 Å². The van der Waals surface area contributed by atoms with Gasteiger partial charge in [0, 0.05) is 45.6 Å². The van der Waals surface area contributed by atoms with Gasteiger partial charge >= 0.3 is 0 Å². The molecule has 0 spiro atoms. The fourth-order valence-electron chi connectivity index (χ4n) is 7.33. The van der Waals surface area contributed by atoms with Crippen LogP contribution in [0.4, 0.5) is 5.82 Å². The lowest BCUT2D eigenvalue weighted by molar-refractivity contribution is -0.137. The van der Waals surface area contributed by atoms with Crippen molar-refractivity contribution in [1.82, 2.24) is 25.5 Å². The summed E-state index contributed by atoms with van der Waals surface area (Å²) in [6, 6.07) is 11.5. The molecular formula is C42H51BrN6O6S. The fraction of sp³-hybridized carbons (Fsp3) is 0.476. The predicted octanol–water partition coefficient (Wildman–Crippen LogP) is 8.30. The number of nitrogens with one attached hydrogen (secondary N) is 3. The summed E-state index contributed by atoms with van der Waals surface area (Å²) in [7, 11) is 1.65. The van der Waals surface area contributed by atoms with Gasteiger partial charge in [-0.25, -0.2) is 9.97 Å². The normalized spacial score (nSPS) is 15.8. The van der Waals surface area contributed by atoms with Crippen LogP contribution in [0.2, 0.25) is 0 Å². The highest BCUT2D eigenvalue weighted by Gasteiger charge is 2.40. The van der Waals surface area contributed by atoms with Gasteiger partial charge in [0.2, 0.25) is 17.7 Å². The second kappa shape index (κ2) is 19.5. The fourth-order valence-corrected chi connectivity index (χ4v) is 8.72. The first-order chi connectivity index (χ1) is 27.1. The van der Waals surface area contributed by atoms with E-state index in [4.69, 9.17) is 14.5 Å². The lowest BCUT2D eigenvalue weighted by Crippen LogP contribution is -2.52. The molecule has 4 heterocycles. The van der Waals surface area contributed by atoms with Crippen molar-refractivity contribution in [2.24, 2.45) is 0 Å². The van der Waals surface area contributed by atoms with Crippen molar-refractivity contribution in [1.29, 1.82) is 0 Å². The van der Waals surface area contributed by atoms with Crippen LogP contribution in [0.15, 0.2) is 46.3 Å². The number of thiophene rings is 1. The molecule has 0 saturated carbocycles. The molecule has 2 aromatic heterocycles. The number of nitrogens with zero attached hydrogens (tertiary/aromatic N) is 3. The second-order valence-corrected chi connectivity index (χ2v) is 16.4. The minimum Gasteiger partial charge on any atom is -0.493 e. The van der Waals surface area contributed by atoms with Gasteiger partial charge in [0.25, 0.3) is 5.91 Å². The Bertz CT molecular complexity index is 2060. The van der Waals surface area contributed by atoms with Gasteiger partial charge < -0.3 is 25.0 Å². The first-order valence-corrected chi connectivity index (χ1v) is 21.3. The average molecular weight is 848 g/mol. The zero-order chi connectivity index (χ0) is 39.6. The van der Waals surface area contributed by atoms with Gasteiger partial charge in [-0.3, -0.25) is 24.5 Å². The van der Waals surface area contributed by atoms with E-state index in [2.05, 4.69) is 55.9 Å². The number of methoxy groups -OCH3 is 1. The quantitative estimate of drug-likeness (QED) is 0.0590. The molecule has 2 aliphatic rings. The number of halogens is 1. The number of aromatic nitrogens is 2. The molecule has 298 valence electrons. The minimum atomic E-state index is -0.635. The molecule has 4 aromatic rings. The standard InChI is InChI=1S/C42H51BrN6O6S/c1-26(28-14-13-15-29(43)20-28)45-40-30-21-35(54-3)36(22-33(30)46-27(2)47-40)55-19-12-10-8-6-4-5-7-9-11-16-38(50)44-23-37-31-24-49(42(53)32(31)25-56-37)34-17-18-39(51)48-41(34)52/h13-15,20-22,25-26,34H,4-12,16-19,23-24H2,1-3H3,(H,44,50)(H,45,46,47)(H,48,51,52)/t26-,34?/m1/s1. The Labute approximate surface area is 340 Å². The third kappa shape index (κ3) is 10.4. The summed E-state index contributed by atoms with van der Waals surface area (Å²) < 4.78 is 12.9. The number of hydrogen-bond donors (Lipinski definition) is 3. The van der Waals surface area contributed by atoms with Crippen LogP contribution in [0.25, 0.3) is 10.9 Å². The topological polar surface area (TPSA) is 152 Å². The van der Waals surface area contributed by atoms with Crippen LogP contribution in [0.1, 0.15) is 122 Å². The van der Waals surface area contributed by atoms with Gasteiger partial charge in [-0.2, -0.15) is 0 Å². The summed E-state index contributed by atoms with van der Waals surface area (Å²) in [4.78, 5) is 61.2. The van der Waals surface area contributed by atoms with Crippen LogP contribution in [0.5, 0.6) is 11.5 Å². The number of rotatable bonds is 20. The maximum absolute atomic E-state index is 12.9. The Hall–Kier alpha value is -4.56. The number of unbranched alkanes of at least 4 members (excludes halogenated alkanes) is 8. The first-order valence-electron chi connectivity index (χ1n) is 19.6. The molecule has 1 saturated heterocycles. The Morgan fingerprint density at radius 3 is 2.50 bits per heavy atom. The Morgan fingerprint density at radius 1 is 1.02 bits per heavy atom. The van der Waals surface area contributed by atoms with Gasteiger partial charge in [0.05, 0.1) is 37.4 Å². The number of carbonyl (C=O) groups is 4. The minimum absolute atomic E-state index is 0.00860. The van der Waals surface area contributed by atoms with E-state index in [1.807, 2.05) is 31.2 Å². The van der Waals surface area contributed by atoms with Gasteiger partial charge in [-0.05, 0) is 62.4 Å². The zero-order valence-electron chi connectivity index (χ0n) is 32.4. The van der Waals surface area contributed by atoms with Gasteiger partial charge in [0.1, 0.15) is 17.7 Å². The molecule has 56 heavy (non-hydrogen) atoms. The van der Waals surface area contributed by atoms with Crippen LogP contribution in [0.3, 0.4) is 0 Å². The maximum atomic E-state index is 12.9. The van der Waals surface area contributed by atoms with E-state index in [1.165, 1.54) is 24.2 Å². The molecule has 0 radical (unpaired) electrons. The molecule has 6 rings (SSSR count). The van der Waals surface area contributed by atoms with Crippen molar-refractivity contribution >= 4 is 67.6 Å². The summed E-state index contributed by atoms with van der Waals surface area (Å²) in [6.45, 7) is 5.31. The number of anilines is 1. The van der Waals surface area contributed by atoms with Crippen molar-refractivity contribution in [2.45, 2.75) is 116 Å². The van der Waals surface area contributed by atoms with Crippen LogP contribution < -0.4 is 25.4 Å². The van der Waals surface area contributed by atoms with E-state index in [1.54, 1.807) is 17.4 Å². The number of hydrogen-bond acceptors (Lipinski definition) is 10. The molecule has 12 nitrogen and oxygen atoms in total. The van der Waals surface area contributed by atoms with E-state index in [0.29, 0.717) is 55.4 Å². The molecule has 14 heteroatoms. The summed E-state index contributed by atoms with van der Waals surface area (Å²) >= 11 is 5.02. The smallest absolute Gasteiger partial charge is 0.256 e. The van der Waals surface area contributed by atoms with Crippen LogP contribution in [-0.4, -0.2) is 58.3 Å². The van der Waals surface area contributed by atoms with Crippen molar-refractivity contribution in [3.63, 3.8) is 0 Å². The molecule has 0 bridgehead atoms. The highest BCUT2D eigenvalue weighted by atomic mass is 79.9. The van der Waals surface area contributed by atoms with E-state index in [0.717, 1.165) is 82.1 Å². The van der Waals surface area contributed by atoms with E-state index in [9.17, 15) is 19.2 Å². The largest absolute Gasteiger partial charge is 0.493 e. The second-order valence-electron chi connectivity index (χ2n) is 14.6. The van der Waals surface area contributed by atoms with E-state index < -0.39 is 11.9 Å². The van der Waals surface area contributed by atoms with Crippen LogP contribution in [0, 0.1) is 6.92 Å². The molecule has 2 aliphatic heterocycles. The molecule has 1 fully saturated rings. The zero-order valence-corrected chi connectivity index (χ0v) is 34.8. The average Bonchev–Trinajstić information content (AvgIpc) is 3.73. The van der Waals surface area contributed by atoms with Crippen molar-refractivity contribution < 1.29 is 28.7 Å². The SMILES string of the molecule is COc1cc2c(N[C@H](C)c3cccc(Br)c3)nc(C)nc2cc1OCCCCCCCCCCCC(=O)NCc1scc2c1CN(C1CCC(=O)NC1=O)C2=O. The molecule has 0 aliphatic carbocycles. The molecule has 3 N–H and O–H groups in total. The van der Waals surface area contributed by atoms with E-state index >= 15 is 0 Å². The monoisotopic (exact) mass is 846 g/mol. The number of fused-ring (bicyclic) bond motifs is 2. The highest BCUT2D eigenvalue weighted by Crippen LogP contribution is 2.36. The van der Waals surface area contributed by atoms with E-state index in [-0.39, 0.29) is 30.2 Å². The third-order valence-corrected chi connectivity index (χ3v) is 12.0. The number of ether oxygens (including phenoxy) is 2. The Kier molecular flexibility index (Phi) is 14.3. The molecule has 2 atom stereocenters. The number of imide groups is 1. The number of amides is 4. The first kappa shape index (κ1) is 41.1. The number of benzene rings is 2. The van der Waals surface area contributed by atoms with Crippen LogP contribution in [-0.2, 0) is 27.5 Å². The Morgan fingerprint density at radius 2 is 1.77 bits per heavy atom. The third-order valence-electron chi connectivity index (χ3n) is 10.4. The number of carbonyl (C=O) groups excluding carboxylic acids is 4. The molecule has 4 amide bonds. The number of piperidine rings is 1.